The van der Waals surface area contributed by atoms with Crippen LogP contribution in [0, 0.1) is 0 Å². The first-order valence-corrected chi connectivity index (χ1v) is 6.64. The van der Waals surface area contributed by atoms with Gasteiger partial charge in [0.15, 0.2) is 5.78 Å². The average Bonchev–Trinajstić information content (AvgIpc) is 2.62. The first-order chi connectivity index (χ1) is 8.72. The summed E-state index contributed by atoms with van der Waals surface area (Å²) in [5, 5.41) is 2.84. The van der Waals surface area contributed by atoms with Crippen molar-refractivity contribution in [3.05, 3.63) is 35.4 Å². The Labute approximate surface area is 108 Å². The van der Waals surface area contributed by atoms with Crippen molar-refractivity contribution in [1.82, 2.24) is 5.32 Å². The molecule has 1 fully saturated rings. The minimum Gasteiger partial charge on any atom is -0.346 e. The van der Waals surface area contributed by atoms with Gasteiger partial charge in [0, 0.05) is 12.0 Å². The van der Waals surface area contributed by atoms with E-state index in [9.17, 15) is 9.59 Å². The predicted molar refractivity (Wildman–Crippen MR) is 70.5 cm³/mol. The Morgan fingerprint density at radius 2 is 2.11 bits per heavy atom. The average molecular weight is 245 g/mol. The van der Waals surface area contributed by atoms with Crippen LogP contribution in [0.4, 0.5) is 0 Å². The molecular weight excluding hydrogens is 226 g/mol. The summed E-state index contributed by atoms with van der Waals surface area (Å²) in [4.78, 5) is 24.0. The number of rotatable bonds is 3. The molecule has 96 valence electrons. The van der Waals surface area contributed by atoms with Gasteiger partial charge in [-0.2, -0.15) is 0 Å². The second kappa shape index (κ2) is 5.80. The summed E-state index contributed by atoms with van der Waals surface area (Å²) in [5.74, 6) is 0.0579. The third kappa shape index (κ3) is 2.78. The Hall–Kier alpha value is -1.64. The molecule has 1 aromatic rings. The van der Waals surface area contributed by atoms with E-state index in [0.29, 0.717) is 6.42 Å². The van der Waals surface area contributed by atoms with Crippen LogP contribution >= 0.6 is 0 Å². The molecule has 1 atom stereocenters. The first-order valence-electron chi connectivity index (χ1n) is 6.64. The number of carbonyl (C=O) groups excluding carboxylic acids is 2. The molecule has 0 aliphatic carbocycles. The van der Waals surface area contributed by atoms with Crippen molar-refractivity contribution in [3.63, 3.8) is 0 Å². The van der Waals surface area contributed by atoms with Crippen molar-refractivity contribution in [1.29, 1.82) is 0 Å². The summed E-state index contributed by atoms with van der Waals surface area (Å²) in [6.07, 6.45) is 3.94. The molecule has 1 heterocycles. The van der Waals surface area contributed by atoms with Crippen molar-refractivity contribution in [2.45, 2.75) is 45.1 Å². The van der Waals surface area contributed by atoms with Crippen molar-refractivity contribution in [3.8, 4) is 0 Å². The highest BCUT2D eigenvalue weighted by molar-refractivity contribution is 6.03. The van der Waals surface area contributed by atoms with Crippen molar-refractivity contribution in [2.75, 3.05) is 0 Å². The Bertz CT molecular complexity index is 454. The molecule has 3 nitrogen and oxygen atoms in total. The number of hydrogen-bond donors (Lipinski definition) is 1. The molecule has 1 aromatic carbocycles. The maximum Gasteiger partial charge on any atom is 0.220 e. The fourth-order valence-electron chi connectivity index (χ4n) is 2.43. The molecule has 2 rings (SSSR count). The second-order valence-corrected chi connectivity index (χ2v) is 4.74. The number of ketones is 1. The van der Waals surface area contributed by atoms with E-state index in [1.807, 2.05) is 31.2 Å². The number of nitrogens with one attached hydrogen (secondary N) is 1. The van der Waals surface area contributed by atoms with Gasteiger partial charge in [-0.05, 0) is 24.8 Å². The molecule has 0 bridgehead atoms. The van der Waals surface area contributed by atoms with Crippen molar-refractivity contribution >= 4 is 11.7 Å². The quantitative estimate of drug-likeness (QED) is 0.832. The predicted octanol–water partition coefficient (Wildman–Crippen LogP) is 2.49. The van der Waals surface area contributed by atoms with E-state index in [1.54, 1.807) is 0 Å². The van der Waals surface area contributed by atoms with E-state index < -0.39 is 0 Å². The third-order valence-corrected chi connectivity index (χ3v) is 3.46. The molecule has 0 radical (unpaired) electrons. The number of Topliss-reactive ketones (excluding diaryl/α,β-unsaturated/α-hetero) is 1. The molecular formula is C15H19NO2. The lowest BCUT2D eigenvalue weighted by Gasteiger charge is -2.16. The largest absolute Gasteiger partial charge is 0.346 e. The van der Waals surface area contributed by atoms with Crippen LogP contribution in [0.25, 0.3) is 0 Å². The van der Waals surface area contributed by atoms with E-state index in [0.717, 1.165) is 36.8 Å². The van der Waals surface area contributed by atoms with Crippen LogP contribution in [0.3, 0.4) is 0 Å². The van der Waals surface area contributed by atoms with Gasteiger partial charge in [0.05, 0.1) is 6.04 Å². The Morgan fingerprint density at radius 3 is 2.89 bits per heavy atom. The topological polar surface area (TPSA) is 46.2 Å². The molecule has 1 saturated heterocycles. The fraction of sp³-hybridized carbons (Fsp3) is 0.467. The Morgan fingerprint density at radius 1 is 1.33 bits per heavy atom. The second-order valence-electron chi connectivity index (χ2n) is 4.74. The molecule has 1 N–H and O–H groups in total. The lowest BCUT2D eigenvalue weighted by Crippen LogP contribution is -2.39. The van der Waals surface area contributed by atoms with Gasteiger partial charge < -0.3 is 5.32 Å². The summed E-state index contributed by atoms with van der Waals surface area (Å²) < 4.78 is 0. The minimum atomic E-state index is -0.340. The summed E-state index contributed by atoms with van der Waals surface area (Å²) in [7, 11) is 0. The monoisotopic (exact) mass is 245 g/mol. The number of carbonyl (C=O) groups is 2. The zero-order valence-corrected chi connectivity index (χ0v) is 10.7. The molecule has 0 spiro atoms. The fourth-order valence-corrected chi connectivity index (χ4v) is 2.43. The molecule has 1 unspecified atom stereocenters. The van der Waals surface area contributed by atoms with Crippen LogP contribution in [-0.4, -0.2) is 17.7 Å². The number of amides is 1. The van der Waals surface area contributed by atoms with Gasteiger partial charge in [-0.3, -0.25) is 9.59 Å². The van der Waals surface area contributed by atoms with Gasteiger partial charge in [0.25, 0.3) is 0 Å². The van der Waals surface area contributed by atoms with Crippen LogP contribution in [0.5, 0.6) is 0 Å². The number of aryl methyl sites for hydroxylation is 1. The van der Waals surface area contributed by atoms with E-state index >= 15 is 0 Å². The standard InChI is InChI=1S/C15H19NO2/c1-2-11-7-3-4-8-12(11)15(18)13-9-5-6-10-14(17)16-13/h3-4,7-8,13H,2,5-6,9-10H2,1H3,(H,16,17). The molecule has 1 aliphatic heterocycles. The minimum absolute atomic E-state index is 0.000158. The van der Waals surface area contributed by atoms with Crippen LogP contribution in [-0.2, 0) is 11.2 Å². The molecule has 0 saturated carbocycles. The van der Waals surface area contributed by atoms with Crippen molar-refractivity contribution < 1.29 is 9.59 Å². The van der Waals surface area contributed by atoms with Crippen LogP contribution in [0.15, 0.2) is 24.3 Å². The van der Waals surface area contributed by atoms with Crippen LogP contribution < -0.4 is 5.32 Å². The normalized spacial score (nSPS) is 20.1. The van der Waals surface area contributed by atoms with E-state index in [4.69, 9.17) is 0 Å². The summed E-state index contributed by atoms with van der Waals surface area (Å²) >= 11 is 0. The number of hydrogen-bond acceptors (Lipinski definition) is 2. The lowest BCUT2D eigenvalue weighted by atomic mass is 9.95. The summed E-state index contributed by atoms with van der Waals surface area (Å²) in [6, 6.07) is 7.32. The van der Waals surface area contributed by atoms with Gasteiger partial charge in [-0.15, -0.1) is 0 Å². The van der Waals surface area contributed by atoms with E-state index in [2.05, 4.69) is 5.32 Å². The van der Waals surface area contributed by atoms with Gasteiger partial charge >= 0.3 is 0 Å². The molecule has 1 aliphatic rings. The number of benzene rings is 1. The molecule has 3 heteroatoms. The van der Waals surface area contributed by atoms with Gasteiger partial charge in [0.1, 0.15) is 0 Å². The highest BCUT2D eigenvalue weighted by atomic mass is 16.2. The van der Waals surface area contributed by atoms with Crippen LogP contribution in [0.1, 0.15) is 48.5 Å². The van der Waals surface area contributed by atoms with Gasteiger partial charge in [-0.25, -0.2) is 0 Å². The SMILES string of the molecule is CCc1ccccc1C(=O)C1CCCCC(=O)N1. The first kappa shape index (κ1) is 12.8. The molecule has 1 amide bonds. The van der Waals surface area contributed by atoms with E-state index in [-0.39, 0.29) is 17.7 Å². The third-order valence-electron chi connectivity index (χ3n) is 3.46. The Balaban J connectivity index is 2.21. The highest BCUT2D eigenvalue weighted by Gasteiger charge is 2.25. The van der Waals surface area contributed by atoms with E-state index in [1.165, 1.54) is 0 Å². The zero-order chi connectivity index (χ0) is 13.0. The molecule has 18 heavy (non-hydrogen) atoms. The lowest BCUT2D eigenvalue weighted by molar-refractivity contribution is -0.121. The van der Waals surface area contributed by atoms with Crippen LogP contribution in [0.2, 0.25) is 0 Å². The maximum absolute atomic E-state index is 12.5. The summed E-state index contributed by atoms with van der Waals surface area (Å²) in [5.41, 5.74) is 1.81. The van der Waals surface area contributed by atoms with Gasteiger partial charge in [0.2, 0.25) is 5.91 Å². The Kier molecular flexibility index (Phi) is 4.13. The highest BCUT2D eigenvalue weighted by Crippen LogP contribution is 2.17. The molecule has 0 aromatic heterocycles. The smallest absolute Gasteiger partial charge is 0.220 e. The van der Waals surface area contributed by atoms with Gasteiger partial charge in [-0.1, -0.05) is 37.6 Å². The van der Waals surface area contributed by atoms with Crippen molar-refractivity contribution in [2.24, 2.45) is 0 Å². The summed E-state index contributed by atoms with van der Waals surface area (Å²) in [6.45, 7) is 2.04. The zero-order valence-electron chi connectivity index (χ0n) is 10.7. The maximum atomic E-state index is 12.5.